The predicted molar refractivity (Wildman–Crippen MR) is 68.1 cm³/mol. The average molecular weight is 235 g/mol. The van der Waals surface area contributed by atoms with E-state index in [1.807, 2.05) is 18.2 Å². The van der Waals surface area contributed by atoms with Crippen LogP contribution < -0.4 is 5.32 Å². The first-order valence-corrected chi connectivity index (χ1v) is 6.30. The predicted octanol–water partition coefficient (Wildman–Crippen LogP) is 2.08. The number of methoxy groups -OCH3 is 1. The first-order chi connectivity index (χ1) is 8.31. The molecule has 0 radical (unpaired) electrons. The molecule has 94 valence electrons. The van der Waals surface area contributed by atoms with Crippen molar-refractivity contribution in [1.29, 1.82) is 0 Å². The maximum Gasteiger partial charge on any atom is 0.124 e. The van der Waals surface area contributed by atoms with Gasteiger partial charge in [-0.2, -0.15) is 0 Å². The summed E-state index contributed by atoms with van der Waals surface area (Å²) < 4.78 is 5.08. The summed E-state index contributed by atoms with van der Waals surface area (Å²) in [5.41, 5.74) is 1.93. The molecule has 1 aromatic carbocycles. The lowest BCUT2D eigenvalue weighted by molar-refractivity contribution is 0.181. The number of rotatable bonds is 4. The highest BCUT2D eigenvalue weighted by Crippen LogP contribution is 2.27. The van der Waals surface area contributed by atoms with Gasteiger partial charge >= 0.3 is 0 Å². The Morgan fingerprint density at radius 3 is 2.94 bits per heavy atom. The summed E-state index contributed by atoms with van der Waals surface area (Å²) in [7, 11) is 1.65. The van der Waals surface area contributed by atoms with E-state index in [0.29, 0.717) is 18.3 Å². The topological polar surface area (TPSA) is 41.5 Å². The number of piperidine rings is 1. The Hall–Kier alpha value is -1.06. The third kappa shape index (κ3) is 3.20. The summed E-state index contributed by atoms with van der Waals surface area (Å²) in [6.45, 7) is 2.67. The molecule has 0 amide bonds. The van der Waals surface area contributed by atoms with E-state index in [1.54, 1.807) is 7.11 Å². The van der Waals surface area contributed by atoms with E-state index in [9.17, 15) is 5.11 Å². The summed E-state index contributed by atoms with van der Waals surface area (Å²) in [4.78, 5) is 0. The number of hydrogen-bond donors (Lipinski definition) is 2. The zero-order valence-corrected chi connectivity index (χ0v) is 10.4. The zero-order chi connectivity index (χ0) is 12.1. The molecular formula is C14H21NO2. The summed E-state index contributed by atoms with van der Waals surface area (Å²) in [6.07, 6.45) is 3.44. The molecule has 0 aliphatic carbocycles. The van der Waals surface area contributed by atoms with Crippen LogP contribution in [-0.4, -0.2) is 25.3 Å². The number of phenolic OH excluding ortho intramolecular Hbond substituents is 1. The normalized spacial score (nSPS) is 20.4. The van der Waals surface area contributed by atoms with Crippen LogP contribution in [0.1, 0.15) is 24.0 Å². The Bertz CT molecular complexity index is 359. The third-order valence-electron chi connectivity index (χ3n) is 3.41. The largest absolute Gasteiger partial charge is 0.507 e. The van der Waals surface area contributed by atoms with E-state index < -0.39 is 0 Å². The number of nitrogens with one attached hydrogen (secondary N) is 1. The van der Waals surface area contributed by atoms with Gasteiger partial charge in [-0.15, -0.1) is 0 Å². The average Bonchev–Trinajstić information content (AvgIpc) is 2.36. The quantitative estimate of drug-likeness (QED) is 0.839. The van der Waals surface area contributed by atoms with Crippen molar-refractivity contribution < 1.29 is 9.84 Å². The second-order valence-electron chi connectivity index (χ2n) is 4.77. The first-order valence-electron chi connectivity index (χ1n) is 6.30. The molecule has 0 spiro atoms. The highest BCUT2D eigenvalue weighted by atomic mass is 16.5. The van der Waals surface area contributed by atoms with Gasteiger partial charge < -0.3 is 15.2 Å². The molecule has 1 fully saturated rings. The first kappa shape index (κ1) is 12.4. The van der Waals surface area contributed by atoms with Crippen LogP contribution in [0.15, 0.2) is 18.2 Å². The Morgan fingerprint density at radius 1 is 1.41 bits per heavy atom. The van der Waals surface area contributed by atoms with Gasteiger partial charge in [0.15, 0.2) is 0 Å². The van der Waals surface area contributed by atoms with Crippen molar-refractivity contribution in [2.75, 3.05) is 20.2 Å². The standard InChI is InChI=1S/C14H21NO2/c1-17-10-13-6-2-5-12(14(13)16)8-11-4-3-7-15-9-11/h2,5-6,11,15-16H,3-4,7-10H2,1H3. The maximum atomic E-state index is 10.2. The second kappa shape index (κ2) is 6.03. The van der Waals surface area contributed by atoms with Crippen LogP contribution in [-0.2, 0) is 17.8 Å². The van der Waals surface area contributed by atoms with Crippen LogP contribution in [0.25, 0.3) is 0 Å². The molecule has 0 aromatic heterocycles. The summed E-state index contributed by atoms with van der Waals surface area (Å²) in [5, 5.41) is 13.6. The van der Waals surface area contributed by atoms with Gasteiger partial charge in [-0.25, -0.2) is 0 Å². The van der Waals surface area contributed by atoms with Crippen molar-refractivity contribution in [3.8, 4) is 5.75 Å². The SMILES string of the molecule is COCc1cccc(CC2CCCNC2)c1O. The molecule has 1 heterocycles. The Morgan fingerprint density at radius 2 is 2.24 bits per heavy atom. The fourth-order valence-electron chi connectivity index (χ4n) is 2.49. The van der Waals surface area contributed by atoms with Gasteiger partial charge in [-0.05, 0) is 43.8 Å². The van der Waals surface area contributed by atoms with Crippen LogP contribution >= 0.6 is 0 Å². The van der Waals surface area contributed by atoms with Crippen molar-refractivity contribution in [2.45, 2.75) is 25.9 Å². The molecular weight excluding hydrogens is 214 g/mol. The fraction of sp³-hybridized carbons (Fsp3) is 0.571. The Kier molecular flexibility index (Phi) is 4.40. The van der Waals surface area contributed by atoms with Gasteiger partial charge in [0.25, 0.3) is 0 Å². The summed E-state index contributed by atoms with van der Waals surface area (Å²) in [5.74, 6) is 1.06. The van der Waals surface area contributed by atoms with Crippen LogP contribution in [0.5, 0.6) is 5.75 Å². The van der Waals surface area contributed by atoms with Crippen molar-refractivity contribution >= 4 is 0 Å². The number of aromatic hydroxyl groups is 1. The fourth-order valence-corrected chi connectivity index (χ4v) is 2.49. The highest BCUT2D eigenvalue weighted by Gasteiger charge is 2.16. The molecule has 0 saturated carbocycles. The Balaban J connectivity index is 2.06. The number of ether oxygens (including phenoxy) is 1. The van der Waals surface area contributed by atoms with Crippen molar-refractivity contribution in [1.82, 2.24) is 5.32 Å². The van der Waals surface area contributed by atoms with Gasteiger partial charge in [0, 0.05) is 12.7 Å². The Labute approximate surface area is 103 Å². The molecule has 1 unspecified atom stereocenters. The smallest absolute Gasteiger partial charge is 0.124 e. The van der Waals surface area contributed by atoms with Crippen molar-refractivity contribution in [2.24, 2.45) is 5.92 Å². The number of hydrogen-bond acceptors (Lipinski definition) is 3. The van der Waals surface area contributed by atoms with Gasteiger partial charge in [0.1, 0.15) is 5.75 Å². The van der Waals surface area contributed by atoms with Crippen LogP contribution in [0, 0.1) is 5.92 Å². The summed E-state index contributed by atoms with van der Waals surface area (Å²) in [6, 6.07) is 5.93. The van der Waals surface area contributed by atoms with Gasteiger partial charge in [0.2, 0.25) is 0 Å². The summed E-state index contributed by atoms with van der Waals surface area (Å²) >= 11 is 0. The lowest BCUT2D eigenvalue weighted by Crippen LogP contribution is -2.30. The molecule has 0 bridgehead atoms. The zero-order valence-electron chi connectivity index (χ0n) is 10.4. The second-order valence-corrected chi connectivity index (χ2v) is 4.77. The van der Waals surface area contributed by atoms with E-state index >= 15 is 0 Å². The van der Waals surface area contributed by atoms with Crippen molar-refractivity contribution in [3.05, 3.63) is 29.3 Å². The third-order valence-corrected chi connectivity index (χ3v) is 3.41. The lowest BCUT2D eigenvalue weighted by atomic mass is 9.91. The van der Waals surface area contributed by atoms with E-state index in [4.69, 9.17) is 4.74 Å². The van der Waals surface area contributed by atoms with Gasteiger partial charge in [0.05, 0.1) is 6.61 Å². The number of phenols is 1. The van der Waals surface area contributed by atoms with Crippen LogP contribution in [0.4, 0.5) is 0 Å². The molecule has 3 nitrogen and oxygen atoms in total. The minimum atomic E-state index is 0.417. The minimum absolute atomic E-state index is 0.417. The number of para-hydroxylation sites is 1. The maximum absolute atomic E-state index is 10.2. The molecule has 2 N–H and O–H groups in total. The molecule has 1 aliphatic heterocycles. The highest BCUT2D eigenvalue weighted by molar-refractivity contribution is 5.40. The van der Waals surface area contributed by atoms with Crippen LogP contribution in [0.2, 0.25) is 0 Å². The molecule has 1 aromatic rings. The minimum Gasteiger partial charge on any atom is -0.507 e. The molecule has 2 rings (SSSR count). The van der Waals surface area contributed by atoms with E-state index in [-0.39, 0.29) is 0 Å². The van der Waals surface area contributed by atoms with Crippen LogP contribution in [0.3, 0.4) is 0 Å². The van der Waals surface area contributed by atoms with E-state index in [0.717, 1.165) is 30.6 Å². The molecule has 1 atom stereocenters. The monoisotopic (exact) mass is 235 g/mol. The van der Waals surface area contributed by atoms with Gasteiger partial charge in [-0.1, -0.05) is 18.2 Å². The van der Waals surface area contributed by atoms with E-state index in [1.165, 1.54) is 12.8 Å². The lowest BCUT2D eigenvalue weighted by Gasteiger charge is -2.23. The van der Waals surface area contributed by atoms with Crippen molar-refractivity contribution in [3.63, 3.8) is 0 Å². The molecule has 1 aliphatic rings. The number of benzene rings is 1. The molecule has 3 heteroatoms. The van der Waals surface area contributed by atoms with E-state index in [2.05, 4.69) is 5.32 Å². The van der Waals surface area contributed by atoms with Gasteiger partial charge in [-0.3, -0.25) is 0 Å². The molecule has 1 saturated heterocycles. The molecule has 17 heavy (non-hydrogen) atoms.